The van der Waals surface area contributed by atoms with Crippen molar-refractivity contribution in [3.8, 4) is 0 Å². The van der Waals surface area contributed by atoms with Crippen LogP contribution in [0.4, 0.5) is 0 Å². The van der Waals surface area contributed by atoms with Crippen molar-refractivity contribution in [1.29, 1.82) is 0 Å². The van der Waals surface area contributed by atoms with Crippen LogP contribution in [0, 0.1) is 0 Å². The third-order valence-electron chi connectivity index (χ3n) is 4.12. The molecule has 0 radical (unpaired) electrons. The summed E-state index contributed by atoms with van der Waals surface area (Å²) >= 11 is 0. The SMILES string of the molecule is C=C[Si](C)(C)O[Si](C)(O[Si](C)(C)C=C)C(C)C=Cc1ccccc1. The molecule has 0 saturated carbocycles. The van der Waals surface area contributed by atoms with Gasteiger partial charge in [-0.05, 0) is 38.3 Å². The lowest BCUT2D eigenvalue weighted by Gasteiger charge is -2.41. The summed E-state index contributed by atoms with van der Waals surface area (Å²) in [6, 6.07) is 10.3. The van der Waals surface area contributed by atoms with E-state index in [4.69, 9.17) is 8.23 Å². The third-order valence-corrected chi connectivity index (χ3v) is 15.4. The molecule has 0 heterocycles. The van der Waals surface area contributed by atoms with E-state index in [0.717, 1.165) is 0 Å². The van der Waals surface area contributed by atoms with Gasteiger partial charge in [-0.25, -0.2) is 0 Å². The van der Waals surface area contributed by atoms with Gasteiger partial charge in [0.15, 0.2) is 16.6 Å². The zero-order valence-electron chi connectivity index (χ0n) is 16.0. The Kier molecular flexibility index (Phi) is 7.37. The van der Waals surface area contributed by atoms with Crippen molar-refractivity contribution in [2.45, 2.75) is 45.2 Å². The molecule has 132 valence electrons. The van der Waals surface area contributed by atoms with Gasteiger partial charge in [0.25, 0.3) is 0 Å². The van der Waals surface area contributed by atoms with E-state index < -0.39 is 25.2 Å². The molecule has 0 saturated heterocycles. The fourth-order valence-electron chi connectivity index (χ4n) is 2.33. The molecule has 0 bridgehead atoms. The fourth-order valence-corrected chi connectivity index (χ4v) is 13.8. The number of benzene rings is 1. The van der Waals surface area contributed by atoms with Crippen LogP contribution in [0.2, 0.25) is 38.3 Å². The van der Waals surface area contributed by atoms with Gasteiger partial charge in [0.05, 0.1) is 0 Å². The Labute approximate surface area is 151 Å². The minimum absolute atomic E-state index is 0.233. The molecule has 0 aliphatic heterocycles. The molecule has 0 aromatic heterocycles. The predicted octanol–water partition coefficient (Wildman–Crippen LogP) is 6.06. The summed E-state index contributed by atoms with van der Waals surface area (Å²) in [5, 5.41) is 0. The number of rotatable bonds is 9. The van der Waals surface area contributed by atoms with Crippen molar-refractivity contribution in [2.24, 2.45) is 0 Å². The highest BCUT2D eigenvalue weighted by Gasteiger charge is 2.45. The van der Waals surface area contributed by atoms with Gasteiger partial charge < -0.3 is 8.23 Å². The van der Waals surface area contributed by atoms with Crippen molar-refractivity contribution in [2.75, 3.05) is 0 Å². The summed E-state index contributed by atoms with van der Waals surface area (Å²) in [6.07, 6.45) is 4.39. The lowest BCUT2D eigenvalue weighted by molar-refractivity contribution is 0.380. The second-order valence-electron chi connectivity index (χ2n) is 7.39. The van der Waals surface area contributed by atoms with E-state index in [-0.39, 0.29) is 5.54 Å². The van der Waals surface area contributed by atoms with E-state index in [9.17, 15) is 0 Å². The van der Waals surface area contributed by atoms with Gasteiger partial charge in [-0.1, -0.05) is 60.8 Å². The summed E-state index contributed by atoms with van der Waals surface area (Å²) in [5.74, 6) is 0. The van der Waals surface area contributed by atoms with Crippen molar-refractivity contribution in [3.05, 3.63) is 66.5 Å². The Morgan fingerprint density at radius 3 is 1.75 bits per heavy atom. The summed E-state index contributed by atoms with van der Waals surface area (Å²) in [7, 11) is -6.31. The van der Waals surface area contributed by atoms with Crippen molar-refractivity contribution >= 4 is 31.3 Å². The van der Waals surface area contributed by atoms with Crippen LogP contribution in [0.3, 0.4) is 0 Å². The van der Waals surface area contributed by atoms with Gasteiger partial charge in [0.1, 0.15) is 0 Å². The highest BCUT2D eigenvalue weighted by Crippen LogP contribution is 2.32. The lowest BCUT2D eigenvalue weighted by atomic mass is 10.2. The Morgan fingerprint density at radius 2 is 1.33 bits per heavy atom. The molecule has 1 atom stereocenters. The van der Waals surface area contributed by atoms with Gasteiger partial charge >= 0.3 is 8.56 Å². The van der Waals surface area contributed by atoms with Crippen LogP contribution < -0.4 is 0 Å². The fraction of sp³-hybridized carbons (Fsp3) is 0.368. The quantitative estimate of drug-likeness (QED) is 0.488. The molecule has 0 amide bonds. The van der Waals surface area contributed by atoms with E-state index in [0.29, 0.717) is 0 Å². The molecular weight excluding hydrogens is 344 g/mol. The molecule has 5 heteroatoms. The molecule has 0 aliphatic rings. The maximum Gasteiger partial charge on any atom is 0.321 e. The lowest BCUT2D eigenvalue weighted by Crippen LogP contribution is -2.55. The number of allylic oxidation sites excluding steroid dienone is 1. The minimum atomic E-state index is -2.43. The molecule has 24 heavy (non-hydrogen) atoms. The van der Waals surface area contributed by atoms with Gasteiger partial charge in [0.2, 0.25) is 0 Å². The first-order valence-electron chi connectivity index (χ1n) is 8.44. The van der Waals surface area contributed by atoms with E-state index in [1.54, 1.807) is 0 Å². The molecule has 1 unspecified atom stereocenters. The normalized spacial score (nSPS) is 14.6. The first kappa shape index (κ1) is 21.1. The Hall–Kier alpha value is -0.989. The first-order valence-corrected chi connectivity index (χ1v) is 16.8. The van der Waals surface area contributed by atoms with Crippen LogP contribution in [-0.4, -0.2) is 25.2 Å². The highest BCUT2D eigenvalue weighted by atomic mass is 28.5. The molecule has 0 N–H and O–H groups in total. The zero-order valence-corrected chi connectivity index (χ0v) is 19.0. The van der Waals surface area contributed by atoms with E-state index in [1.165, 1.54) is 5.56 Å². The summed E-state index contributed by atoms with van der Waals surface area (Å²) in [6.45, 7) is 21.0. The van der Waals surface area contributed by atoms with E-state index in [1.807, 2.05) is 17.5 Å². The van der Waals surface area contributed by atoms with Crippen LogP contribution in [0.25, 0.3) is 6.08 Å². The first-order chi connectivity index (χ1) is 11.0. The smallest absolute Gasteiger partial charge is 0.321 e. The molecule has 2 nitrogen and oxygen atoms in total. The van der Waals surface area contributed by atoms with Crippen molar-refractivity contribution in [1.82, 2.24) is 0 Å². The molecule has 0 fully saturated rings. The molecule has 0 spiro atoms. The van der Waals surface area contributed by atoms with Crippen molar-refractivity contribution in [3.63, 3.8) is 0 Å². The van der Waals surface area contributed by atoms with Gasteiger partial charge in [-0.2, -0.15) is 0 Å². The monoisotopic (exact) mass is 376 g/mol. The van der Waals surface area contributed by atoms with Crippen LogP contribution in [0.15, 0.2) is 61.0 Å². The average molecular weight is 377 g/mol. The van der Waals surface area contributed by atoms with Crippen molar-refractivity contribution < 1.29 is 8.23 Å². The Balaban J connectivity index is 3.08. The minimum Gasteiger partial charge on any atom is -0.433 e. The zero-order chi connectivity index (χ0) is 18.4. The van der Waals surface area contributed by atoms with Crippen LogP contribution in [0.1, 0.15) is 12.5 Å². The molecular formula is C19H32O2Si3. The second kappa shape index (κ2) is 8.40. The topological polar surface area (TPSA) is 18.5 Å². The van der Waals surface area contributed by atoms with E-state index >= 15 is 0 Å². The van der Waals surface area contributed by atoms with Gasteiger partial charge in [0, 0.05) is 5.54 Å². The summed E-state index contributed by atoms with van der Waals surface area (Å²) < 4.78 is 13.3. The maximum absolute atomic E-state index is 6.64. The highest BCUT2D eigenvalue weighted by molar-refractivity contribution is 6.91. The number of hydrogen-bond donors (Lipinski definition) is 0. The standard InChI is InChI=1S/C19H32O2Si3/c1-9-22(4,5)20-24(8,21-23(6,7)10-2)18(3)16-17-19-14-12-11-13-15-19/h9-18H,1-2H2,3-8H3. The predicted molar refractivity (Wildman–Crippen MR) is 114 cm³/mol. The second-order valence-corrected chi connectivity index (χ2v) is 19.2. The van der Waals surface area contributed by atoms with Gasteiger partial charge in [-0.3, -0.25) is 0 Å². The molecule has 0 aliphatic carbocycles. The molecule has 1 aromatic carbocycles. The molecule has 1 rings (SSSR count). The van der Waals surface area contributed by atoms with Crippen LogP contribution in [-0.2, 0) is 8.23 Å². The number of hydrogen-bond acceptors (Lipinski definition) is 2. The Morgan fingerprint density at radius 1 is 0.875 bits per heavy atom. The van der Waals surface area contributed by atoms with Crippen LogP contribution in [0.5, 0.6) is 0 Å². The Bertz CT molecular complexity index is 558. The summed E-state index contributed by atoms with van der Waals surface area (Å²) in [4.78, 5) is 0. The molecule has 1 aromatic rings. The third kappa shape index (κ3) is 6.49. The van der Waals surface area contributed by atoms with Crippen LogP contribution >= 0.6 is 0 Å². The maximum atomic E-state index is 6.64. The average Bonchev–Trinajstić information content (AvgIpc) is 2.52. The van der Waals surface area contributed by atoms with Gasteiger partial charge in [-0.15, -0.1) is 13.2 Å². The largest absolute Gasteiger partial charge is 0.433 e. The summed E-state index contributed by atoms with van der Waals surface area (Å²) in [5.41, 5.74) is 5.40. The van der Waals surface area contributed by atoms with E-state index in [2.05, 4.69) is 89.2 Å².